The SMILES string of the molecule is O=C1CCCCC(=O)N1c1cc(Br)ccc1Cl. The molecule has 17 heavy (non-hydrogen) atoms. The Kier molecular flexibility index (Phi) is 3.84. The summed E-state index contributed by atoms with van der Waals surface area (Å²) in [7, 11) is 0. The summed E-state index contributed by atoms with van der Waals surface area (Å²) in [6.45, 7) is 0. The molecule has 0 N–H and O–H groups in total. The van der Waals surface area contributed by atoms with Crippen LogP contribution in [0.5, 0.6) is 0 Å². The quantitative estimate of drug-likeness (QED) is 0.743. The fourth-order valence-corrected chi connectivity index (χ4v) is 2.39. The highest BCUT2D eigenvalue weighted by atomic mass is 79.9. The van der Waals surface area contributed by atoms with Gasteiger partial charge in [-0.2, -0.15) is 0 Å². The summed E-state index contributed by atoms with van der Waals surface area (Å²) < 4.78 is 0.793. The Morgan fingerprint density at radius 3 is 2.29 bits per heavy atom. The molecule has 3 nitrogen and oxygen atoms in total. The van der Waals surface area contributed by atoms with Crippen molar-refractivity contribution in [3.05, 3.63) is 27.7 Å². The van der Waals surface area contributed by atoms with Crippen molar-refractivity contribution in [1.82, 2.24) is 0 Å². The second-order valence-electron chi connectivity index (χ2n) is 3.93. The van der Waals surface area contributed by atoms with Gasteiger partial charge in [-0.05, 0) is 31.0 Å². The average Bonchev–Trinajstić information content (AvgIpc) is 2.44. The summed E-state index contributed by atoms with van der Waals surface area (Å²) in [6.07, 6.45) is 2.31. The molecular weight excluding hydrogens is 305 g/mol. The van der Waals surface area contributed by atoms with E-state index in [1.165, 1.54) is 4.90 Å². The number of amides is 2. The predicted octanol–water partition coefficient (Wildman–Crippen LogP) is 3.54. The van der Waals surface area contributed by atoms with Crippen molar-refractivity contribution < 1.29 is 9.59 Å². The van der Waals surface area contributed by atoms with Gasteiger partial charge in [0.2, 0.25) is 11.8 Å². The Morgan fingerprint density at radius 1 is 1.12 bits per heavy atom. The van der Waals surface area contributed by atoms with Crippen LogP contribution in [0.25, 0.3) is 0 Å². The Labute approximate surface area is 113 Å². The van der Waals surface area contributed by atoms with Crippen LogP contribution >= 0.6 is 27.5 Å². The third kappa shape index (κ3) is 2.69. The molecule has 0 aliphatic carbocycles. The molecule has 5 heteroatoms. The van der Waals surface area contributed by atoms with E-state index in [1.807, 2.05) is 0 Å². The van der Waals surface area contributed by atoms with Crippen molar-refractivity contribution in [2.75, 3.05) is 4.90 Å². The largest absolute Gasteiger partial charge is 0.274 e. The normalized spacial score (nSPS) is 17.2. The molecule has 2 amide bonds. The number of anilines is 1. The second kappa shape index (κ2) is 5.19. The van der Waals surface area contributed by atoms with E-state index in [-0.39, 0.29) is 11.8 Å². The van der Waals surface area contributed by atoms with Gasteiger partial charge in [0, 0.05) is 17.3 Å². The molecule has 1 aliphatic heterocycles. The molecule has 0 spiro atoms. The van der Waals surface area contributed by atoms with Crippen LogP contribution in [-0.2, 0) is 9.59 Å². The Balaban J connectivity index is 2.45. The minimum Gasteiger partial charge on any atom is -0.274 e. The van der Waals surface area contributed by atoms with Crippen molar-refractivity contribution in [2.24, 2.45) is 0 Å². The van der Waals surface area contributed by atoms with Crippen LogP contribution in [0.4, 0.5) is 5.69 Å². The highest BCUT2D eigenvalue weighted by molar-refractivity contribution is 9.10. The zero-order chi connectivity index (χ0) is 12.4. The molecule has 1 aliphatic rings. The molecular formula is C12H11BrClNO2. The number of benzene rings is 1. The molecule has 1 saturated heterocycles. The van der Waals surface area contributed by atoms with Crippen LogP contribution in [-0.4, -0.2) is 11.8 Å². The maximum Gasteiger partial charge on any atom is 0.233 e. The third-order valence-corrected chi connectivity index (χ3v) is 3.49. The molecule has 0 bridgehead atoms. The summed E-state index contributed by atoms with van der Waals surface area (Å²) in [5.74, 6) is -0.347. The number of carbonyl (C=O) groups excluding carboxylic acids is 2. The maximum atomic E-state index is 11.9. The molecule has 1 fully saturated rings. The molecule has 90 valence electrons. The number of hydrogen-bond donors (Lipinski definition) is 0. The molecule has 1 heterocycles. The summed E-state index contributed by atoms with van der Waals surface area (Å²) in [4.78, 5) is 25.0. The van der Waals surface area contributed by atoms with Crippen LogP contribution in [0.2, 0.25) is 5.02 Å². The van der Waals surface area contributed by atoms with Gasteiger partial charge in [-0.3, -0.25) is 9.59 Å². The highest BCUT2D eigenvalue weighted by Crippen LogP contribution is 2.31. The van der Waals surface area contributed by atoms with E-state index >= 15 is 0 Å². The van der Waals surface area contributed by atoms with Crippen LogP contribution in [0.15, 0.2) is 22.7 Å². The van der Waals surface area contributed by atoms with Gasteiger partial charge in [-0.1, -0.05) is 27.5 Å². The van der Waals surface area contributed by atoms with E-state index in [1.54, 1.807) is 18.2 Å². The fraction of sp³-hybridized carbons (Fsp3) is 0.333. The monoisotopic (exact) mass is 315 g/mol. The smallest absolute Gasteiger partial charge is 0.233 e. The average molecular weight is 317 g/mol. The van der Waals surface area contributed by atoms with Crippen LogP contribution in [0.1, 0.15) is 25.7 Å². The molecule has 0 radical (unpaired) electrons. The summed E-state index contributed by atoms with van der Waals surface area (Å²) in [5, 5.41) is 0.414. The van der Waals surface area contributed by atoms with Crippen molar-refractivity contribution in [1.29, 1.82) is 0 Å². The van der Waals surface area contributed by atoms with Gasteiger partial charge in [0.15, 0.2) is 0 Å². The van der Waals surface area contributed by atoms with Gasteiger partial charge in [0.05, 0.1) is 10.7 Å². The Bertz CT molecular complexity index is 458. The zero-order valence-electron chi connectivity index (χ0n) is 9.08. The van der Waals surface area contributed by atoms with Crippen molar-refractivity contribution in [3.63, 3.8) is 0 Å². The topological polar surface area (TPSA) is 37.4 Å². The van der Waals surface area contributed by atoms with E-state index in [2.05, 4.69) is 15.9 Å². The Hall–Kier alpha value is -0.870. The van der Waals surface area contributed by atoms with E-state index in [0.717, 1.165) is 17.3 Å². The van der Waals surface area contributed by atoms with E-state index in [4.69, 9.17) is 11.6 Å². The summed E-state index contributed by atoms with van der Waals surface area (Å²) in [5.41, 5.74) is 0.470. The lowest BCUT2D eigenvalue weighted by Crippen LogP contribution is -2.35. The second-order valence-corrected chi connectivity index (χ2v) is 5.25. The van der Waals surface area contributed by atoms with Crippen LogP contribution in [0.3, 0.4) is 0 Å². The minimum atomic E-state index is -0.174. The first-order valence-electron chi connectivity index (χ1n) is 5.40. The van der Waals surface area contributed by atoms with Gasteiger partial charge in [-0.15, -0.1) is 0 Å². The standard InChI is InChI=1S/C12H11BrClNO2/c13-8-5-6-9(14)10(7-8)15-11(16)3-1-2-4-12(15)17/h5-7H,1-4H2. The lowest BCUT2D eigenvalue weighted by molar-refractivity contribution is -0.125. The highest BCUT2D eigenvalue weighted by Gasteiger charge is 2.27. The van der Waals surface area contributed by atoms with E-state index in [9.17, 15) is 9.59 Å². The van der Waals surface area contributed by atoms with Gasteiger partial charge < -0.3 is 0 Å². The molecule has 2 rings (SSSR count). The number of imide groups is 1. The summed E-state index contributed by atoms with van der Waals surface area (Å²) in [6, 6.07) is 5.15. The maximum absolute atomic E-state index is 11.9. The van der Waals surface area contributed by atoms with Gasteiger partial charge in [0.25, 0.3) is 0 Å². The molecule has 1 aromatic carbocycles. The predicted molar refractivity (Wildman–Crippen MR) is 70.1 cm³/mol. The fourth-order valence-electron chi connectivity index (χ4n) is 1.84. The van der Waals surface area contributed by atoms with Gasteiger partial charge in [-0.25, -0.2) is 4.90 Å². The van der Waals surface area contributed by atoms with Gasteiger partial charge >= 0.3 is 0 Å². The molecule has 0 saturated carbocycles. The molecule has 0 atom stereocenters. The summed E-state index contributed by atoms with van der Waals surface area (Å²) >= 11 is 9.36. The number of carbonyl (C=O) groups is 2. The zero-order valence-corrected chi connectivity index (χ0v) is 11.4. The number of halogens is 2. The van der Waals surface area contributed by atoms with Gasteiger partial charge in [0.1, 0.15) is 0 Å². The van der Waals surface area contributed by atoms with Crippen LogP contribution < -0.4 is 4.90 Å². The lowest BCUT2D eigenvalue weighted by Gasteiger charge is -2.20. The molecule has 1 aromatic rings. The molecule has 0 unspecified atom stereocenters. The molecule has 0 aromatic heterocycles. The number of nitrogens with zero attached hydrogens (tertiary/aromatic N) is 1. The van der Waals surface area contributed by atoms with E-state index in [0.29, 0.717) is 23.6 Å². The third-order valence-electron chi connectivity index (χ3n) is 2.68. The van der Waals surface area contributed by atoms with Crippen molar-refractivity contribution >= 4 is 45.0 Å². The Morgan fingerprint density at radius 2 is 1.71 bits per heavy atom. The first kappa shape index (κ1) is 12.6. The van der Waals surface area contributed by atoms with Crippen molar-refractivity contribution in [3.8, 4) is 0 Å². The van der Waals surface area contributed by atoms with Crippen LogP contribution in [0, 0.1) is 0 Å². The minimum absolute atomic E-state index is 0.174. The van der Waals surface area contributed by atoms with Crippen molar-refractivity contribution in [2.45, 2.75) is 25.7 Å². The first-order valence-corrected chi connectivity index (χ1v) is 6.57. The lowest BCUT2D eigenvalue weighted by atomic mass is 10.2. The first-order chi connectivity index (χ1) is 8.09. The number of hydrogen-bond acceptors (Lipinski definition) is 2. The van der Waals surface area contributed by atoms with E-state index < -0.39 is 0 Å². The number of rotatable bonds is 1.